The number of hydrogen-bond donors (Lipinski definition) is 0. The lowest BCUT2D eigenvalue weighted by molar-refractivity contribution is 0.0159. The van der Waals surface area contributed by atoms with Crippen LogP contribution in [0.1, 0.15) is 40.3 Å². The van der Waals surface area contributed by atoms with Gasteiger partial charge in [-0.1, -0.05) is 6.92 Å². The van der Waals surface area contributed by atoms with Crippen molar-refractivity contribution in [2.45, 2.75) is 46.3 Å². The van der Waals surface area contributed by atoms with E-state index < -0.39 is 5.60 Å². The predicted molar refractivity (Wildman–Crippen MR) is 118 cm³/mol. The molecule has 1 atom stereocenters. The standard InChI is InChI=1S/C22H34N6O2/c1-6-25-7-9-26(10-8-25)20-14-19(13-18(15-23)24-20)27-11-12-28(17(2)16-27)21(29)30-22(3,4)5/h13-14,17H,6-12,16H2,1-5H3. The average Bonchev–Trinajstić information content (AvgIpc) is 2.72. The van der Waals surface area contributed by atoms with Crippen molar-refractivity contribution in [2.24, 2.45) is 0 Å². The molecule has 3 heterocycles. The van der Waals surface area contributed by atoms with Gasteiger partial charge in [0.2, 0.25) is 0 Å². The van der Waals surface area contributed by atoms with Crippen molar-refractivity contribution < 1.29 is 9.53 Å². The molecule has 1 amide bonds. The van der Waals surface area contributed by atoms with Crippen molar-refractivity contribution in [2.75, 3.05) is 62.2 Å². The predicted octanol–water partition coefficient (Wildman–Crippen LogP) is 2.54. The molecule has 1 aromatic heterocycles. The van der Waals surface area contributed by atoms with E-state index in [1.807, 2.05) is 33.8 Å². The molecule has 164 valence electrons. The van der Waals surface area contributed by atoms with Gasteiger partial charge in [-0.25, -0.2) is 9.78 Å². The van der Waals surface area contributed by atoms with E-state index in [0.29, 0.717) is 25.3 Å². The summed E-state index contributed by atoms with van der Waals surface area (Å²) in [5, 5.41) is 9.51. The molecular formula is C22H34N6O2. The largest absolute Gasteiger partial charge is 0.444 e. The van der Waals surface area contributed by atoms with Gasteiger partial charge in [0.05, 0.1) is 0 Å². The van der Waals surface area contributed by atoms with Crippen molar-refractivity contribution >= 4 is 17.6 Å². The van der Waals surface area contributed by atoms with Crippen LogP contribution in [0, 0.1) is 11.3 Å². The highest BCUT2D eigenvalue weighted by Crippen LogP contribution is 2.26. The quantitative estimate of drug-likeness (QED) is 0.752. The molecular weight excluding hydrogens is 380 g/mol. The monoisotopic (exact) mass is 414 g/mol. The van der Waals surface area contributed by atoms with Crippen molar-refractivity contribution in [3.63, 3.8) is 0 Å². The summed E-state index contributed by atoms with van der Waals surface area (Å²) in [6.45, 7) is 16.7. The number of ether oxygens (including phenoxy) is 1. The maximum absolute atomic E-state index is 12.5. The van der Waals surface area contributed by atoms with Crippen molar-refractivity contribution in [1.29, 1.82) is 5.26 Å². The highest BCUT2D eigenvalue weighted by Gasteiger charge is 2.31. The fraction of sp³-hybridized carbons (Fsp3) is 0.682. The molecule has 2 aliphatic heterocycles. The lowest BCUT2D eigenvalue weighted by Gasteiger charge is -2.41. The van der Waals surface area contributed by atoms with Gasteiger partial charge >= 0.3 is 6.09 Å². The molecule has 0 saturated carbocycles. The first-order valence-electron chi connectivity index (χ1n) is 10.8. The van der Waals surface area contributed by atoms with E-state index in [0.717, 1.165) is 44.2 Å². The third-order valence-corrected chi connectivity index (χ3v) is 5.68. The SMILES string of the molecule is CCN1CCN(c2cc(N3CCN(C(=O)OC(C)(C)C)C(C)C3)cc(C#N)n2)CC1. The van der Waals surface area contributed by atoms with E-state index in [-0.39, 0.29) is 12.1 Å². The van der Waals surface area contributed by atoms with E-state index in [1.165, 1.54) is 0 Å². The van der Waals surface area contributed by atoms with Gasteiger partial charge in [-0.05, 0) is 40.3 Å². The van der Waals surface area contributed by atoms with Crippen LogP contribution in [-0.2, 0) is 4.74 Å². The van der Waals surface area contributed by atoms with Gasteiger partial charge in [0, 0.05) is 63.6 Å². The summed E-state index contributed by atoms with van der Waals surface area (Å²) in [4.78, 5) is 25.8. The minimum Gasteiger partial charge on any atom is -0.444 e. The highest BCUT2D eigenvalue weighted by atomic mass is 16.6. The summed E-state index contributed by atoms with van der Waals surface area (Å²) in [7, 11) is 0. The first kappa shape index (κ1) is 22.2. The van der Waals surface area contributed by atoms with Crippen molar-refractivity contribution in [3.05, 3.63) is 17.8 Å². The van der Waals surface area contributed by atoms with E-state index in [9.17, 15) is 10.1 Å². The van der Waals surface area contributed by atoms with Crippen LogP contribution < -0.4 is 9.80 Å². The Hall–Kier alpha value is -2.53. The summed E-state index contributed by atoms with van der Waals surface area (Å²) in [5.74, 6) is 0.863. The number of likely N-dealkylation sites (N-methyl/N-ethyl adjacent to an activating group) is 1. The Morgan fingerprint density at radius 3 is 2.40 bits per heavy atom. The number of pyridine rings is 1. The summed E-state index contributed by atoms with van der Waals surface area (Å²) in [6, 6.07) is 6.16. The van der Waals surface area contributed by atoms with Crippen molar-refractivity contribution in [3.8, 4) is 6.07 Å². The van der Waals surface area contributed by atoms with E-state index in [1.54, 1.807) is 4.90 Å². The summed E-state index contributed by atoms with van der Waals surface area (Å²) < 4.78 is 5.55. The molecule has 2 saturated heterocycles. The Morgan fingerprint density at radius 2 is 1.83 bits per heavy atom. The number of carbonyl (C=O) groups excluding carboxylic acids is 1. The Labute approximate surface area is 180 Å². The minimum absolute atomic E-state index is 0.0175. The highest BCUT2D eigenvalue weighted by molar-refractivity contribution is 5.69. The van der Waals surface area contributed by atoms with E-state index >= 15 is 0 Å². The van der Waals surface area contributed by atoms with Gasteiger partial charge in [0.1, 0.15) is 23.2 Å². The molecule has 0 radical (unpaired) electrons. The smallest absolute Gasteiger partial charge is 0.410 e. The molecule has 30 heavy (non-hydrogen) atoms. The Balaban J connectivity index is 1.72. The second-order valence-electron chi connectivity index (χ2n) is 9.07. The van der Waals surface area contributed by atoms with Gasteiger partial charge in [0.25, 0.3) is 0 Å². The van der Waals surface area contributed by atoms with Gasteiger partial charge in [-0.3, -0.25) is 0 Å². The first-order valence-corrected chi connectivity index (χ1v) is 10.8. The Kier molecular flexibility index (Phi) is 6.71. The second-order valence-corrected chi connectivity index (χ2v) is 9.07. The van der Waals surface area contributed by atoms with Gasteiger partial charge in [-0.15, -0.1) is 0 Å². The van der Waals surface area contributed by atoms with Crippen LogP contribution in [0.3, 0.4) is 0 Å². The molecule has 2 fully saturated rings. The average molecular weight is 415 g/mol. The third kappa shape index (κ3) is 5.33. The summed E-state index contributed by atoms with van der Waals surface area (Å²) in [6.07, 6.45) is -0.267. The number of nitriles is 1. The molecule has 0 aromatic carbocycles. The lowest BCUT2D eigenvalue weighted by Crippen LogP contribution is -2.55. The van der Waals surface area contributed by atoms with Crippen LogP contribution in [0.5, 0.6) is 0 Å². The van der Waals surface area contributed by atoms with Crippen LogP contribution in [0.25, 0.3) is 0 Å². The Morgan fingerprint density at radius 1 is 1.17 bits per heavy atom. The molecule has 0 bridgehead atoms. The molecule has 1 unspecified atom stereocenters. The molecule has 3 rings (SSSR count). The number of carbonyl (C=O) groups is 1. The van der Waals surface area contributed by atoms with Crippen LogP contribution in [0.4, 0.5) is 16.3 Å². The van der Waals surface area contributed by atoms with Gasteiger partial charge < -0.3 is 24.3 Å². The molecule has 8 heteroatoms. The number of piperazine rings is 2. The molecule has 0 spiro atoms. The van der Waals surface area contributed by atoms with Gasteiger partial charge in [0.15, 0.2) is 0 Å². The molecule has 0 N–H and O–H groups in total. The number of aromatic nitrogens is 1. The topological polar surface area (TPSA) is 75.9 Å². The number of amides is 1. The van der Waals surface area contributed by atoms with Crippen LogP contribution in [0.2, 0.25) is 0 Å². The number of hydrogen-bond acceptors (Lipinski definition) is 7. The fourth-order valence-corrected chi connectivity index (χ4v) is 3.98. The zero-order valence-electron chi connectivity index (χ0n) is 18.9. The van der Waals surface area contributed by atoms with Crippen LogP contribution in [-0.4, -0.2) is 84.9 Å². The Bertz CT molecular complexity index is 792. The van der Waals surface area contributed by atoms with E-state index in [2.05, 4.69) is 38.7 Å². The number of anilines is 2. The maximum atomic E-state index is 12.5. The maximum Gasteiger partial charge on any atom is 0.410 e. The zero-order chi connectivity index (χ0) is 21.9. The number of nitrogens with zero attached hydrogens (tertiary/aromatic N) is 6. The zero-order valence-corrected chi connectivity index (χ0v) is 18.9. The lowest BCUT2D eigenvalue weighted by atomic mass is 10.1. The van der Waals surface area contributed by atoms with E-state index in [4.69, 9.17) is 4.74 Å². The molecule has 8 nitrogen and oxygen atoms in total. The third-order valence-electron chi connectivity index (χ3n) is 5.68. The molecule has 2 aliphatic rings. The molecule has 0 aliphatic carbocycles. The van der Waals surface area contributed by atoms with Gasteiger partial charge in [-0.2, -0.15) is 5.26 Å². The van der Waals surface area contributed by atoms with Crippen LogP contribution >= 0.6 is 0 Å². The number of rotatable bonds is 3. The fourth-order valence-electron chi connectivity index (χ4n) is 3.98. The van der Waals surface area contributed by atoms with Crippen molar-refractivity contribution in [1.82, 2.24) is 14.8 Å². The first-order chi connectivity index (χ1) is 14.2. The second kappa shape index (κ2) is 9.09. The minimum atomic E-state index is -0.503. The van der Waals surface area contributed by atoms with Crippen LogP contribution in [0.15, 0.2) is 12.1 Å². The summed E-state index contributed by atoms with van der Waals surface area (Å²) in [5.41, 5.74) is 0.921. The normalized spacial score (nSPS) is 20.8. The summed E-state index contributed by atoms with van der Waals surface area (Å²) >= 11 is 0. The molecule has 1 aromatic rings.